The van der Waals surface area contributed by atoms with Crippen LogP contribution in [0, 0.1) is 0 Å². The van der Waals surface area contributed by atoms with E-state index in [1.54, 1.807) is 12.4 Å². The first-order chi connectivity index (χ1) is 7.71. The largest absolute Gasteiger partial charge is 0.341 e. The Morgan fingerprint density at radius 2 is 1.47 bits per heavy atom. The fourth-order valence-corrected chi connectivity index (χ4v) is 2.20. The number of fused-ring (bicyclic) bond motifs is 1. The van der Waals surface area contributed by atoms with Crippen LogP contribution in [0.15, 0.2) is 12.4 Å². The van der Waals surface area contributed by atoms with Gasteiger partial charge in [0.25, 0.3) is 0 Å². The van der Waals surface area contributed by atoms with Crippen molar-refractivity contribution in [2.24, 2.45) is 0 Å². The van der Waals surface area contributed by atoms with Crippen molar-refractivity contribution in [1.82, 2.24) is 15.0 Å². The molecule has 0 saturated heterocycles. The highest BCUT2D eigenvalue weighted by atomic mass is 14.9. The fraction of sp³-hybridized carbons (Fsp3) is 0.571. The topological polar surface area (TPSA) is 41.6 Å². The Morgan fingerprint density at radius 1 is 0.882 bits per heavy atom. The number of nitrogens with zero attached hydrogens (tertiary/aromatic N) is 2. The van der Waals surface area contributed by atoms with E-state index in [0.29, 0.717) is 0 Å². The molecule has 0 bridgehead atoms. The van der Waals surface area contributed by atoms with Crippen LogP contribution in [0.4, 0.5) is 0 Å². The van der Waals surface area contributed by atoms with Gasteiger partial charge in [0.1, 0.15) is 5.52 Å². The number of nitrogens with one attached hydrogen (secondary N) is 1. The molecule has 0 aliphatic carbocycles. The molecule has 0 radical (unpaired) electrons. The smallest absolute Gasteiger partial charge is 0.156 e. The summed E-state index contributed by atoms with van der Waals surface area (Å²) in [4.78, 5) is 12.3. The minimum Gasteiger partial charge on any atom is -0.341 e. The first-order valence-electron chi connectivity index (χ1n) is 6.05. The van der Waals surface area contributed by atoms with Crippen LogP contribution >= 0.6 is 0 Å². The summed E-state index contributed by atoms with van der Waals surface area (Å²) in [6.07, 6.45) is 3.50. The van der Waals surface area contributed by atoms with Crippen molar-refractivity contribution in [1.29, 1.82) is 0 Å². The zero-order valence-corrected chi connectivity index (χ0v) is 11.5. The number of hydrogen-bond acceptors (Lipinski definition) is 2. The molecule has 0 amide bonds. The van der Waals surface area contributed by atoms with Crippen LogP contribution in [-0.2, 0) is 10.8 Å². The molecule has 2 aromatic rings. The molecule has 0 atom stereocenters. The zero-order chi connectivity index (χ0) is 12.8. The summed E-state index contributed by atoms with van der Waals surface area (Å²) in [5.41, 5.74) is 4.56. The number of H-pyrrole nitrogens is 1. The zero-order valence-electron chi connectivity index (χ0n) is 11.5. The summed E-state index contributed by atoms with van der Waals surface area (Å²) in [5.74, 6) is 0. The second-order valence-corrected chi connectivity index (χ2v) is 6.63. The van der Waals surface area contributed by atoms with E-state index in [4.69, 9.17) is 0 Å². The lowest BCUT2D eigenvalue weighted by atomic mass is 9.79. The molecule has 0 spiro atoms. The summed E-state index contributed by atoms with van der Waals surface area (Å²) < 4.78 is 0. The predicted molar refractivity (Wildman–Crippen MR) is 71.3 cm³/mol. The molecule has 92 valence electrons. The molecule has 2 heterocycles. The first-order valence-corrected chi connectivity index (χ1v) is 6.05. The second-order valence-electron chi connectivity index (χ2n) is 6.63. The summed E-state index contributed by atoms with van der Waals surface area (Å²) in [7, 11) is 0. The van der Waals surface area contributed by atoms with Gasteiger partial charge in [-0.15, -0.1) is 0 Å². The van der Waals surface area contributed by atoms with Gasteiger partial charge >= 0.3 is 0 Å². The highest BCUT2D eigenvalue weighted by Gasteiger charge is 2.30. The predicted octanol–water partition coefficient (Wildman–Crippen LogP) is 3.55. The van der Waals surface area contributed by atoms with E-state index in [1.165, 1.54) is 11.3 Å². The maximum atomic E-state index is 4.49. The number of rotatable bonds is 0. The van der Waals surface area contributed by atoms with Crippen LogP contribution < -0.4 is 0 Å². The van der Waals surface area contributed by atoms with E-state index in [-0.39, 0.29) is 10.8 Å². The average Bonchev–Trinajstić information content (AvgIpc) is 2.54. The lowest BCUT2D eigenvalue weighted by Gasteiger charge is -2.26. The van der Waals surface area contributed by atoms with Crippen LogP contribution in [0.2, 0.25) is 0 Å². The van der Waals surface area contributed by atoms with Crippen molar-refractivity contribution in [3.05, 3.63) is 23.7 Å². The Morgan fingerprint density at radius 3 is 2.00 bits per heavy atom. The van der Waals surface area contributed by atoms with Crippen LogP contribution in [0.3, 0.4) is 0 Å². The van der Waals surface area contributed by atoms with Crippen LogP contribution in [-0.4, -0.2) is 15.0 Å². The second kappa shape index (κ2) is 3.56. The van der Waals surface area contributed by atoms with Gasteiger partial charge in [0.05, 0.1) is 0 Å². The molecule has 0 aromatic carbocycles. The van der Waals surface area contributed by atoms with Gasteiger partial charge in [0, 0.05) is 29.1 Å². The molecule has 0 aliphatic rings. The normalized spacial score (nSPS) is 13.3. The van der Waals surface area contributed by atoms with Crippen molar-refractivity contribution in [3.8, 4) is 0 Å². The maximum absolute atomic E-state index is 4.49. The molecule has 3 nitrogen and oxygen atoms in total. The molecule has 0 aliphatic heterocycles. The van der Waals surface area contributed by atoms with Gasteiger partial charge in [-0.3, -0.25) is 4.98 Å². The number of hydrogen-bond donors (Lipinski definition) is 1. The van der Waals surface area contributed by atoms with E-state index >= 15 is 0 Å². The van der Waals surface area contributed by atoms with Gasteiger partial charge in [-0.2, -0.15) is 0 Å². The van der Waals surface area contributed by atoms with Crippen molar-refractivity contribution < 1.29 is 0 Å². The van der Waals surface area contributed by atoms with E-state index in [1.807, 2.05) is 0 Å². The summed E-state index contributed by atoms with van der Waals surface area (Å²) in [5, 5.41) is 0. The van der Waals surface area contributed by atoms with Gasteiger partial charge in [-0.05, 0) is 5.41 Å². The molecule has 1 N–H and O–H groups in total. The average molecular weight is 231 g/mol. The number of aromatic nitrogens is 3. The molecule has 0 saturated carbocycles. The molecule has 17 heavy (non-hydrogen) atoms. The molecule has 0 unspecified atom stereocenters. The van der Waals surface area contributed by atoms with Crippen molar-refractivity contribution >= 4 is 11.2 Å². The molecule has 3 heteroatoms. The van der Waals surface area contributed by atoms with Crippen LogP contribution in [0.1, 0.15) is 52.8 Å². The summed E-state index contributed by atoms with van der Waals surface area (Å²) in [6.45, 7) is 13.3. The maximum Gasteiger partial charge on any atom is 0.156 e. The quantitative estimate of drug-likeness (QED) is 0.753. The minimum absolute atomic E-state index is 0.0664. The first kappa shape index (κ1) is 12.1. The third kappa shape index (κ3) is 2.06. The Balaban J connectivity index is 2.84. The van der Waals surface area contributed by atoms with Crippen molar-refractivity contribution in [3.63, 3.8) is 0 Å². The van der Waals surface area contributed by atoms with E-state index < -0.39 is 0 Å². The van der Waals surface area contributed by atoms with Gasteiger partial charge in [0.2, 0.25) is 0 Å². The Labute approximate surface area is 103 Å². The van der Waals surface area contributed by atoms with Gasteiger partial charge < -0.3 is 4.98 Å². The Hall–Kier alpha value is -1.38. The van der Waals surface area contributed by atoms with Crippen molar-refractivity contribution in [2.45, 2.75) is 52.4 Å². The lowest BCUT2D eigenvalue weighted by molar-refractivity contribution is 0.524. The standard InChI is InChI=1S/C14H21N3/c1-13(2,3)9-10-12(16-8-7-15-10)17-11(9)14(4,5)6/h7-8H,1-6H3,(H,16,17). The van der Waals surface area contributed by atoms with E-state index in [9.17, 15) is 0 Å². The molecule has 2 aromatic heterocycles. The summed E-state index contributed by atoms with van der Waals surface area (Å²) >= 11 is 0. The van der Waals surface area contributed by atoms with Gasteiger partial charge in [-0.25, -0.2) is 4.98 Å². The molecular formula is C14H21N3. The molecule has 0 fully saturated rings. The third-order valence-electron chi connectivity index (χ3n) is 2.93. The number of aromatic amines is 1. The molecule has 2 rings (SSSR count). The highest BCUT2D eigenvalue weighted by molar-refractivity contribution is 5.78. The lowest BCUT2D eigenvalue weighted by Crippen LogP contribution is -2.21. The fourth-order valence-electron chi connectivity index (χ4n) is 2.20. The Bertz CT molecular complexity index is 539. The monoisotopic (exact) mass is 231 g/mol. The van der Waals surface area contributed by atoms with Gasteiger partial charge in [0.15, 0.2) is 5.65 Å². The van der Waals surface area contributed by atoms with Gasteiger partial charge in [-0.1, -0.05) is 41.5 Å². The van der Waals surface area contributed by atoms with Crippen molar-refractivity contribution in [2.75, 3.05) is 0 Å². The van der Waals surface area contributed by atoms with E-state index in [0.717, 1.165) is 11.2 Å². The van der Waals surface area contributed by atoms with Crippen LogP contribution in [0.5, 0.6) is 0 Å². The SMILES string of the molecule is CC(C)(C)c1[nH]c2nccnc2c1C(C)(C)C. The van der Waals surface area contributed by atoms with E-state index in [2.05, 4.69) is 56.5 Å². The minimum atomic E-state index is 0.0664. The molecular weight excluding hydrogens is 210 g/mol. The third-order valence-corrected chi connectivity index (χ3v) is 2.93. The Kier molecular flexibility index (Phi) is 2.53. The summed E-state index contributed by atoms with van der Waals surface area (Å²) in [6, 6.07) is 0. The van der Waals surface area contributed by atoms with Crippen LogP contribution in [0.25, 0.3) is 11.2 Å². The highest BCUT2D eigenvalue weighted by Crippen LogP contribution is 2.37.